The molecule has 0 spiro atoms. The van der Waals surface area contributed by atoms with Gasteiger partial charge in [0.15, 0.2) is 0 Å². The predicted molar refractivity (Wildman–Crippen MR) is 102 cm³/mol. The van der Waals surface area contributed by atoms with E-state index < -0.39 is 0 Å². The van der Waals surface area contributed by atoms with Gasteiger partial charge in [0.1, 0.15) is 0 Å². The second-order valence-corrected chi connectivity index (χ2v) is 6.30. The Morgan fingerprint density at radius 1 is 1.00 bits per heavy atom. The highest BCUT2D eigenvalue weighted by molar-refractivity contribution is 5.95. The molecule has 2 rings (SSSR count). The van der Waals surface area contributed by atoms with E-state index in [-0.39, 0.29) is 17.9 Å². The Kier molecular flexibility index (Phi) is 7.36. The Morgan fingerprint density at radius 3 is 2.27 bits per heavy atom. The fraction of sp³-hybridized carbons (Fsp3) is 0.333. The van der Waals surface area contributed by atoms with Crippen LogP contribution < -0.4 is 10.6 Å². The molecule has 2 aromatic carbocycles. The minimum absolute atomic E-state index is 0.0974. The third-order valence-electron chi connectivity index (χ3n) is 4.13. The maximum absolute atomic E-state index is 12.3. The maximum atomic E-state index is 12.3. The number of rotatable bonds is 8. The van der Waals surface area contributed by atoms with Gasteiger partial charge in [0.2, 0.25) is 0 Å². The molecule has 1 atom stereocenters. The number of carbonyl (C=O) groups is 2. The SMILES string of the molecule is CC[C@@H](C)NC(=O)c1cccc(CNC(=O)c2cccc(COC)c2)c1. The lowest BCUT2D eigenvalue weighted by atomic mass is 10.1. The van der Waals surface area contributed by atoms with Crippen molar-refractivity contribution in [2.45, 2.75) is 39.5 Å². The van der Waals surface area contributed by atoms with Crippen molar-refractivity contribution >= 4 is 11.8 Å². The summed E-state index contributed by atoms with van der Waals surface area (Å²) in [6.45, 7) is 4.82. The first-order valence-electron chi connectivity index (χ1n) is 8.79. The monoisotopic (exact) mass is 354 g/mol. The molecular weight excluding hydrogens is 328 g/mol. The normalized spacial score (nSPS) is 11.7. The molecule has 0 saturated heterocycles. The summed E-state index contributed by atoms with van der Waals surface area (Å²) in [5.41, 5.74) is 3.01. The van der Waals surface area contributed by atoms with Crippen molar-refractivity contribution in [2.75, 3.05) is 7.11 Å². The topological polar surface area (TPSA) is 67.4 Å². The van der Waals surface area contributed by atoms with Crippen LogP contribution in [0, 0.1) is 0 Å². The molecule has 5 heteroatoms. The standard InChI is InChI=1S/C21H26N2O3/c1-4-15(2)23-21(25)19-10-5-7-16(11-19)13-22-20(24)18-9-6-8-17(12-18)14-26-3/h5-12,15H,4,13-14H2,1-3H3,(H,22,24)(H,23,25)/t15-/m1/s1. The fourth-order valence-electron chi connectivity index (χ4n) is 2.49. The van der Waals surface area contributed by atoms with Gasteiger partial charge in [-0.2, -0.15) is 0 Å². The van der Waals surface area contributed by atoms with Crippen LogP contribution in [0.3, 0.4) is 0 Å². The predicted octanol–water partition coefficient (Wildman–Crippen LogP) is 3.29. The number of amides is 2. The van der Waals surface area contributed by atoms with E-state index in [0.29, 0.717) is 24.3 Å². The summed E-state index contributed by atoms with van der Waals surface area (Å²) in [5.74, 6) is -0.253. The quantitative estimate of drug-likeness (QED) is 0.764. The van der Waals surface area contributed by atoms with Crippen LogP contribution in [-0.4, -0.2) is 25.0 Å². The van der Waals surface area contributed by atoms with E-state index in [4.69, 9.17) is 4.74 Å². The Balaban J connectivity index is 1.99. The summed E-state index contributed by atoms with van der Waals surface area (Å²) < 4.78 is 5.09. The molecule has 0 aromatic heterocycles. The summed E-state index contributed by atoms with van der Waals surface area (Å²) in [7, 11) is 1.62. The molecule has 2 aromatic rings. The van der Waals surface area contributed by atoms with Crippen LogP contribution in [0.2, 0.25) is 0 Å². The van der Waals surface area contributed by atoms with Gasteiger partial charge >= 0.3 is 0 Å². The molecule has 0 fully saturated rings. The van der Waals surface area contributed by atoms with Gasteiger partial charge in [0.05, 0.1) is 6.61 Å². The van der Waals surface area contributed by atoms with Crippen LogP contribution in [0.4, 0.5) is 0 Å². The highest BCUT2D eigenvalue weighted by Crippen LogP contribution is 2.09. The summed E-state index contributed by atoms with van der Waals surface area (Å²) in [6, 6.07) is 14.8. The Labute approximate surface area is 154 Å². The molecule has 0 heterocycles. The van der Waals surface area contributed by atoms with Gasteiger partial charge in [-0.25, -0.2) is 0 Å². The molecule has 2 N–H and O–H groups in total. The first kappa shape index (κ1) is 19.7. The molecule has 5 nitrogen and oxygen atoms in total. The average Bonchev–Trinajstić information content (AvgIpc) is 2.66. The first-order chi connectivity index (χ1) is 12.5. The second-order valence-electron chi connectivity index (χ2n) is 6.30. The lowest BCUT2D eigenvalue weighted by Gasteiger charge is -2.12. The van der Waals surface area contributed by atoms with Gasteiger partial charge in [-0.3, -0.25) is 9.59 Å². The van der Waals surface area contributed by atoms with Crippen LogP contribution in [0.15, 0.2) is 48.5 Å². The van der Waals surface area contributed by atoms with Crippen molar-refractivity contribution in [3.05, 3.63) is 70.8 Å². The highest BCUT2D eigenvalue weighted by Gasteiger charge is 2.10. The molecule has 0 unspecified atom stereocenters. The van der Waals surface area contributed by atoms with E-state index in [0.717, 1.165) is 17.5 Å². The lowest BCUT2D eigenvalue weighted by Crippen LogP contribution is -2.32. The van der Waals surface area contributed by atoms with E-state index in [9.17, 15) is 9.59 Å². The number of carbonyl (C=O) groups excluding carboxylic acids is 2. The van der Waals surface area contributed by atoms with Crippen molar-refractivity contribution in [1.82, 2.24) is 10.6 Å². The van der Waals surface area contributed by atoms with E-state index in [2.05, 4.69) is 10.6 Å². The largest absolute Gasteiger partial charge is 0.380 e. The zero-order chi connectivity index (χ0) is 18.9. The van der Waals surface area contributed by atoms with Gasteiger partial charge in [0.25, 0.3) is 11.8 Å². The summed E-state index contributed by atoms with van der Waals surface area (Å²) >= 11 is 0. The molecule has 26 heavy (non-hydrogen) atoms. The van der Waals surface area contributed by atoms with E-state index in [1.54, 1.807) is 25.3 Å². The third-order valence-corrected chi connectivity index (χ3v) is 4.13. The zero-order valence-electron chi connectivity index (χ0n) is 15.5. The third kappa shape index (κ3) is 5.70. The molecule has 0 saturated carbocycles. The van der Waals surface area contributed by atoms with E-state index >= 15 is 0 Å². The minimum Gasteiger partial charge on any atom is -0.380 e. The molecule has 0 bridgehead atoms. The number of nitrogens with one attached hydrogen (secondary N) is 2. The van der Waals surface area contributed by atoms with Crippen LogP contribution in [0.5, 0.6) is 0 Å². The van der Waals surface area contributed by atoms with Crippen molar-refractivity contribution < 1.29 is 14.3 Å². The van der Waals surface area contributed by atoms with Crippen LogP contribution >= 0.6 is 0 Å². The Bertz CT molecular complexity index is 758. The first-order valence-corrected chi connectivity index (χ1v) is 8.79. The summed E-state index contributed by atoms with van der Waals surface area (Å²) in [5, 5.41) is 5.84. The van der Waals surface area contributed by atoms with E-state index in [1.165, 1.54) is 0 Å². The smallest absolute Gasteiger partial charge is 0.251 e. The lowest BCUT2D eigenvalue weighted by molar-refractivity contribution is 0.0936. The molecular formula is C21H26N2O3. The Hall–Kier alpha value is -2.66. The van der Waals surface area contributed by atoms with Crippen LogP contribution in [-0.2, 0) is 17.9 Å². The number of benzene rings is 2. The highest BCUT2D eigenvalue weighted by atomic mass is 16.5. The molecule has 0 aliphatic rings. The molecule has 0 aliphatic carbocycles. The zero-order valence-corrected chi connectivity index (χ0v) is 15.5. The minimum atomic E-state index is -0.155. The Morgan fingerprint density at radius 2 is 1.62 bits per heavy atom. The summed E-state index contributed by atoms with van der Waals surface area (Å²) in [6.07, 6.45) is 0.879. The number of hydrogen-bond donors (Lipinski definition) is 2. The van der Waals surface area contributed by atoms with Gasteiger partial charge < -0.3 is 15.4 Å². The molecule has 0 aliphatic heterocycles. The van der Waals surface area contributed by atoms with Gasteiger partial charge in [-0.1, -0.05) is 31.2 Å². The number of hydrogen-bond acceptors (Lipinski definition) is 3. The van der Waals surface area contributed by atoms with Gasteiger partial charge in [0, 0.05) is 30.8 Å². The van der Waals surface area contributed by atoms with Crippen LogP contribution in [0.25, 0.3) is 0 Å². The van der Waals surface area contributed by atoms with E-state index in [1.807, 2.05) is 44.2 Å². The van der Waals surface area contributed by atoms with Crippen LogP contribution in [0.1, 0.15) is 52.1 Å². The summed E-state index contributed by atoms with van der Waals surface area (Å²) in [4.78, 5) is 24.6. The van der Waals surface area contributed by atoms with Gasteiger partial charge in [-0.15, -0.1) is 0 Å². The van der Waals surface area contributed by atoms with Crippen molar-refractivity contribution in [3.8, 4) is 0 Å². The molecule has 2 amide bonds. The molecule has 138 valence electrons. The average molecular weight is 354 g/mol. The van der Waals surface area contributed by atoms with Crippen molar-refractivity contribution in [2.24, 2.45) is 0 Å². The maximum Gasteiger partial charge on any atom is 0.251 e. The number of methoxy groups -OCH3 is 1. The molecule has 0 radical (unpaired) electrons. The number of ether oxygens (including phenoxy) is 1. The van der Waals surface area contributed by atoms with Gasteiger partial charge in [-0.05, 0) is 48.7 Å². The van der Waals surface area contributed by atoms with Crippen molar-refractivity contribution in [3.63, 3.8) is 0 Å². The fourth-order valence-corrected chi connectivity index (χ4v) is 2.49. The van der Waals surface area contributed by atoms with Crippen molar-refractivity contribution in [1.29, 1.82) is 0 Å². The second kappa shape index (κ2) is 9.73.